The van der Waals surface area contributed by atoms with Crippen LogP contribution in [-0.4, -0.2) is 90.7 Å². The fourth-order valence-electron chi connectivity index (χ4n) is 13.2. The molecule has 0 unspecified atom stereocenters. The molecule has 0 aliphatic carbocycles. The van der Waals surface area contributed by atoms with Crippen LogP contribution in [0.15, 0.2) is 181 Å². The van der Waals surface area contributed by atoms with E-state index in [0.717, 1.165) is 106 Å². The first-order valence-corrected chi connectivity index (χ1v) is 35.6. The molecule has 4 aliphatic rings. The molecule has 0 atom stereocenters. The summed E-state index contributed by atoms with van der Waals surface area (Å²) < 4.78 is 121. The number of hydrogen-bond donors (Lipinski definition) is 2. The number of nitrogens with one attached hydrogen (secondary N) is 2. The van der Waals surface area contributed by atoms with Crippen molar-refractivity contribution in [3.05, 3.63) is 235 Å². The zero-order chi connectivity index (χ0) is 67.7. The molecular weight excluding hydrogens is 1400 g/mol. The van der Waals surface area contributed by atoms with Crippen molar-refractivity contribution in [3.8, 4) is 0 Å². The molecule has 1 fully saturated rings. The summed E-state index contributed by atoms with van der Waals surface area (Å²) in [5.74, 6) is -1.15. The molecule has 2 N–H and O–H groups in total. The third-order valence-corrected chi connectivity index (χ3v) is 22.2. The zero-order valence-corrected chi connectivity index (χ0v) is 57.8. The van der Waals surface area contributed by atoms with E-state index in [1.807, 2.05) is 30.9 Å². The molecule has 6 aromatic heterocycles. The summed E-state index contributed by atoms with van der Waals surface area (Å²) in [6, 6.07) is 44.7. The van der Waals surface area contributed by atoms with E-state index >= 15 is 0 Å². The lowest BCUT2D eigenvalue weighted by Gasteiger charge is -2.28. The van der Waals surface area contributed by atoms with Crippen molar-refractivity contribution >= 4 is 151 Å². The topological polar surface area (TPSA) is 203 Å². The van der Waals surface area contributed by atoms with Gasteiger partial charge in [0.2, 0.25) is 0 Å². The van der Waals surface area contributed by atoms with E-state index in [9.17, 15) is 30.0 Å². The number of ether oxygens (including phenoxy) is 1. The Bertz CT molecular complexity index is 5660. The maximum Gasteiger partial charge on any atom is 0.298 e. The molecular formula is C72H61Cl4F3N10O8S2. The molecule has 0 saturated carbocycles. The third-order valence-electron chi connectivity index (χ3n) is 18.0. The number of aromatic amines is 1. The van der Waals surface area contributed by atoms with Crippen LogP contribution in [0.4, 0.5) is 30.9 Å². The maximum absolute atomic E-state index is 14.3. The zero-order valence-electron chi connectivity index (χ0n) is 53.0. The van der Waals surface area contributed by atoms with Gasteiger partial charge in [0, 0.05) is 155 Å². The number of benzene rings is 8. The summed E-state index contributed by atoms with van der Waals surface area (Å²) in [6.45, 7) is 10.8. The Labute approximate surface area is 587 Å². The van der Waals surface area contributed by atoms with Crippen LogP contribution in [0.5, 0.6) is 0 Å². The van der Waals surface area contributed by atoms with E-state index in [2.05, 4.69) is 42.2 Å². The molecule has 0 radical (unpaired) electrons. The summed E-state index contributed by atoms with van der Waals surface area (Å²) in [5.41, 5.74) is 14.5. The first-order valence-electron chi connectivity index (χ1n) is 31.6. The minimum absolute atomic E-state index is 0. The lowest BCUT2D eigenvalue weighted by molar-refractivity contribution is 0.122. The Balaban J connectivity index is 0.000000118. The van der Waals surface area contributed by atoms with Crippen molar-refractivity contribution in [1.82, 2.24) is 33.2 Å². The van der Waals surface area contributed by atoms with Crippen molar-refractivity contribution in [2.75, 3.05) is 60.6 Å². The Kier molecular flexibility index (Phi) is 18.5. The third kappa shape index (κ3) is 13.2. The van der Waals surface area contributed by atoms with Crippen molar-refractivity contribution in [2.24, 2.45) is 0 Å². The highest BCUT2D eigenvalue weighted by Crippen LogP contribution is 2.39. The van der Waals surface area contributed by atoms with Crippen LogP contribution in [0.2, 0.25) is 15.4 Å². The fourth-order valence-corrected chi connectivity index (χ4v) is 16.8. The van der Waals surface area contributed by atoms with Gasteiger partial charge in [-0.25, -0.2) is 38.0 Å². The summed E-state index contributed by atoms with van der Waals surface area (Å²) in [4.78, 5) is 23.4. The van der Waals surface area contributed by atoms with Crippen LogP contribution in [0.25, 0.3) is 66.0 Å². The normalized spacial score (nSPS) is 14.7. The second-order valence-electron chi connectivity index (χ2n) is 24.3. The molecule has 1 saturated heterocycles. The minimum Gasteiger partial charge on any atom is -0.428 e. The van der Waals surface area contributed by atoms with Gasteiger partial charge < -0.3 is 43.0 Å². The van der Waals surface area contributed by atoms with Crippen molar-refractivity contribution in [1.29, 1.82) is 0 Å². The van der Waals surface area contributed by atoms with Crippen LogP contribution in [0.1, 0.15) is 44.9 Å². The molecule has 508 valence electrons. The van der Waals surface area contributed by atoms with Crippen molar-refractivity contribution in [3.63, 3.8) is 0 Å². The summed E-state index contributed by atoms with van der Waals surface area (Å²) in [6.07, 6.45) is 1.87. The Morgan fingerprint density at radius 3 is 1.58 bits per heavy atom. The van der Waals surface area contributed by atoms with Crippen molar-refractivity contribution < 1.29 is 48.0 Å². The summed E-state index contributed by atoms with van der Waals surface area (Å²) in [5, 5.41) is 7.12. The molecule has 18 nitrogen and oxygen atoms in total. The molecule has 99 heavy (non-hydrogen) atoms. The van der Waals surface area contributed by atoms with Crippen LogP contribution < -0.4 is 20.0 Å². The van der Waals surface area contributed by atoms with Gasteiger partial charge in [0.15, 0.2) is 16.7 Å². The van der Waals surface area contributed by atoms with Crippen LogP contribution >= 0.6 is 47.2 Å². The number of hydrogen-bond acceptors (Lipinski definition) is 15. The predicted octanol–water partition coefficient (Wildman–Crippen LogP) is 16.1. The number of oxazole rings is 3. The van der Waals surface area contributed by atoms with Crippen LogP contribution in [0, 0.1) is 31.3 Å². The van der Waals surface area contributed by atoms with Crippen LogP contribution in [0.3, 0.4) is 0 Å². The summed E-state index contributed by atoms with van der Waals surface area (Å²) in [7, 11) is -7.70. The van der Waals surface area contributed by atoms with Gasteiger partial charge in [-0.1, -0.05) is 58.6 Å². The van der Waals surface area contributed by atoms with Gasteiger partial charge in [-0.05, 0) is 146 Å². The molecule has 18 rings (SSSR count). The van der Waals surface area contributed by atoms with Gasteiger partial charge in [-0.15, -0.1) is 12.4 Å². The largest absolute Gasteiger partial charge is 0.428 e. The molecule has 0 bridgehead atoms. The molecule has 14 aromatic rings. The number of anilines is 3. The number of halogens is 7. The molecule has 0 amide bonds. The van der Waals surface area contributed by atoms with E-state index in [1.165, 1.54) is 49.5 Å². The van der Waals surface area contributed by atoms with Gasteiger partial charge in [-0.2, -0.15) is 15.0 Å². The first-order chi connectivity index (χ1) is 47.3. The quantitative estimate of drug-likeness (QED) is 0.152. The monoisotopic (exact) mass is 1450 g/mol. The first kappa shape index (κ1) is 67.2. The fraction of sp³-hybridized carbons (Fsp3) is 0.208. The van der Waals surface area contributed by atoms with Crippen LogP contribution in [-0.2, 0) is 63.7 Å². The molecule has 10 heterocycles. The van der Waals surface area contributed by atoms with Gasteiger partial charge in [0.1, 0.15) is 34.0 Å². The lowest BCUT2D eigenvalue weighted by Crippen LogP contribution is -2.36. The maximum atomic E-state index is 14.3. The average molecular weight is 1460 g/mol. The highest BCUT2D eigenvalue weighted by atomic mass is 35.5. The number of fused-ring (bicyclic) bond motifs is 12. The van der Waals surface area contributed by atoms with E-state index in [4.69, 9.17) is 57.8 Å². The Morgan fingerprint density at radius 2 is 0.980 bits per heavy atom. The summed E-state index contributed by atoms with van der Waals surface area (Å²) >= 11 is 17.3. The van der Waals surface area contributed by atoms with Gasteiger partial charge >= 0.3 is 0 Å². The molecule has 8 aromatic carbocycles. The number of morpholine rings is 1. The minimum atomic E-state index is -3.93. The Hall–Kier alpha value is -9.04. The standard InChI is InChI=1S/C25H19ClFN3O3S.C22H21FN4O2.C18H17FN2O2S.C7H3Cl2NO.ClH/c1-15-2-6-18(7-3-15)34(31,32)30-22-10-11-29(14-20(22)19-8-5-17(27)13-23(19)30)25-28-21-9-4-16(26)12-24(21)33-25;23-14-1-3-16-17-13-27(6-5-18(17)24-20(16)11-14)22-25-19-4-2-15(12-21(19)29-22)26-7-9-28-10-8-26;1-12-2-5-14(6-3-12)24(22,23)21-17-8-9-20-11-16(17)15-7-4-13(19)10-18(15)21;8-4-1-2-5-6(3-4)11-7(9)10-5;/h2-9,12-13H,10-11,14H2,1H3;1-4,11-12,24H,5-10,13H2;2-7,10,20H,8-9,11H2,1H3;1-3H;1H. The number of H-pyrrole nitrogens is 1. The van der Waals surface area contributed by atoms with Gasteiger partial charge in [0.25, 0.3) is 37.4 Å². The Morgan fingerprint density at radius 1 is 0.485 bits per heavy atom. The average Bonchev–Trinajstić information content (AvgIpc) is 1.59. The number of aromatic nitrogens is 6. The smallest absolute Gasteiger partial charge is 0.298 e. The number of nitrogens with zero attached hydrogens (tertiary/aromatic N) is 8. The lowest BCUT2D eigenvalue weighted by atomic mass is 10.0. The molecule has 27 heteroatoms. The van der Waals surface area contributed by atoms with Gasteiger partial charge in [0.05, 0.1) is 34.0 Å². The molecule has 0 spiro atoms. The predicted molar refractivity (Wildman–Crippen MR) is 382 cm³/mol. The number of aryl methyl sites for hydroxylation is 2. The highest BCUT2D eigenvalue weighted by molar-refractivity contribution is 7.90. The van der Waals surface area contributed by atoms with Gasteiger partial charge in [-0.3, -0.25) is 0 Å². The van der Waals surface area contributed by atoms with Crippen molar-refractivity contribution in [2.45, 2.75) is 62.5 Å². The molecule has 4 aliphatic heterocycles. The van der Waals surface area contributed by atoms with E-state index in [0.29, 0.717) is 106 Å². The second-order valence-corrected chi connectivity index (χ2v) is 29.1. The SMILES string of the molecule is Cc1ccc(S(=O)(=O)n2c3c(c4ccc(F)cc42)CN(c2nc4ccc(Cl)cc4o2)CC3)cc1.Cc1ccc(S(=O)(=O)n2c3c(c4ccc(F)cc42)CNCC3)cc1.Cl.Clc1ccc2nc(Cl)oc2c1.Fc1ccc2c3c([nH]c2c1)CCN(c1nc2ccc(N4CCOCC4)cc2o1)C3. The second kappa shape index (κ2) is 27.2. The van der Waals surface area contributed by atoms with E-state index in [-0.39, 0.29) is 33.4 Å². The highest BCUT2D eigenvalue weighted by Gasteiger charge is 2.33. The van der Waals surface area contributed by atoms with E-state index in [1.54, 1.807) is 103 Å². The van der Waals surface area contributed by atoms with E-state index < -0.39 is 31.7 Å². The number of rotatable bonds is 7.